The molecule has 106 valence electrons. The number of nitrogens with zero attached hydrogens (tertiary/aromatic N) is 1. The summed E-state index contributed by atoms with van der Waals surface area (Å²) >= 11 is 0. The Morgan fingerprint density at radius 1 is 1.28 bits per heavy atom. The molecule has 1 heterocycles. The normalized spacial score (nSPS) is 27.8. The first-order valence-corrected chi connectivity index (χ1v) is 7.78. The van der Waals surface area contributed by atoms with Crippen LogP contribution >= 0.6 is 0 Å². The fourth-order valence-corrected chi connectivity index (χ4v) is 3.73. The average molecular weight is 255 g/mol. The Hall–Kier alpha value is -0.120. The van der Waals surface area contributed by atoms with Gasteiger partial charge in [0.1, 0.15) is 0 Å². The van der Waals surface area contributed by atoms with Crippen molar-refractivity contribution in [3.63, 3.8) is 0 Å². The highest BCUT2D eigenvalue weighted by Crippen LogP contribution is 2.39. The SMILES string of the molecule is CCN(CCCO)C1CCOC2(CCCCC2)C1. The lowest BCUT2D eigenvalue weighted by Gasteiger charge is -2.46. The van der Waals surface area contributed by atoms with Gasteiger partial charge in [-0.25, -0.2) is 0 Å². The van der Waals surface area contributed by atoms with Crippen LogP contribution in [0.4, 0.5) is 0 Å². The van der Waals surface area contributed by atoms with Gasteiger partial charge in [0.05, 0.1) is 5.60 Å². The molecule has 3 nitrogen and oxygen atoms in total. The number of rotatable bonds is 5. The highest BCUT2D eigenvalue weighted by atomic mass is 16.5. The molecule has 3 heteroatoms. The fourth-order valence-electron chi connectivity index (χ4n) is 3.73. The van der Waals surface area contributed by atoms with Gasteiger partial charge in [-0.15, -0.1) is 0 Å². The number of aliphatic hydroxyl groups excluding tert-OH is 1. The lowest BCUT2D eigenvalue weighted by Crippen LogP contribution is -2.49. The second-order valence-corrected chi connectivity index (χ2v) is 5.94. The predicted octanol–water partition coefficient (Wildman–Crippen LogP) is 2.57. The van der Waals surface area contributed by atoms with Gasteiger partial charge in [-0.05, 0) is 38.6 Å². The summed E-state index contributed by atoms with van der Waals surface area (Å²) in [6.07, 6.45) is 9.89. The Kier molecular flexibility index (Phi) is 5.46. The summed E-state index contributed by atoms with van der Waals surface area (Å²) in [6.45, 7) is 5.61. The maximum absolute atomic E-state index is 9.00. The van der Waals surface area contributed by atoms with E-state index >= 15 is 0 Å². The van der Waals surface area contributed by atoms with Crippen molar-refractivity contribution in [1.29, 1.82) is 0 Å². The van der Waals surface area contributed by atoms with E-state index < -0.39 is 0 Å². The van der Waals surface area contributed by atoms with Gasteiger partial charge in [0.15, 0.2) is 0 Å². The molecule has 2 aliphatic rings. The molecule has 1 saturated heterocycles. The van der Waals surface area contributed by atoms with Crippen molar-refractivity contribution in [2.24, 2.45) is 0 Å². The molecule has 1 spiro atoms. The van der Waals surface area contributed by atoms with Gasteiger partial charge in [-0.1, -0.05) is 26.2 Å². The summed E-state index contributed by atoms with van der Waals surface area (Å²) in [5.74, 6) is 0. The maximum atomic E-state index is 9.00. The quantitative estimate of drug-likeness (QED) is 0.819. The molecule has 2 rings (SSSR count). The third-order valence-electron chi connectivity index (χ3n) is 4.76. The zero-order chi connectivity index (χ0) is 12.8. The number of ether oxygens (including phenoxy) is 1. The topological polar surface area (TPSA) is 32.7 Å². The van der Waals surface area contributed by atoms with Crippen LogP contribution in [-0.2, 0) is 4.74 Å². The van der Waals surface area contributed by atoms with Crippen molar-refractivity contribution in [3.8, 4) is 0 Å². The van der Waals surface area contributed by atoms with Gasteiger partial charge in [0.2, 0.25) is 0 Å². The van der Waals surface area contributed by atoms with Crippen molar-refractivity contribution in [1.82, 2.24) is 4.90 Å². The zero-order valence-corrected chi connectivity index (χ0v) is 11.9. The Labute approximate surface area is 112 Å². The van der Waals surface area contributed by atoms with Gasteiger partial charge < -0.3 is 14.7 Å². The zero-order valence-electron chi connectivity index (χ0n) is 11.9. The molecule has 1 saturated carbocycles. The van der Waals surface area contributed by atoms with Gasteiger partial charge in [0.25, 0.3) is 0 Å². The van der Waals surface area contributed by atoms with Crippen LogP contribution in [0, 0.1) is 0 Å². The summed E-state index contributed by atoms with van der Waals surface area (Å²) in [6, 6.07) is 0.674. The molecule has 0 radical (unpaired) electrons. The fraction of sp³-hybridized carbons (Fsp3) is 1.00. The molecular weight excluding hydrogens is 226 g/mol. The maximum Gasteiger partial charge on any atom is 0.0697 e. The highest BCUT2D eigenvalue weighted by molar-refractivity contribution is 4.92. The molecule has 18 heavy (non-hydrogen) atoms. The van der Waals surface area contributed by atoms with E-state index in [-0.39, 0.29) is 5.60 Å². The van der Waals surface area contributed by atoms with Crippen molar-refractivity contribution >= 4 is 0 Å². The molecule has 0 aromatic rings. The van der Waals surface area contributed by atoms with Crippen LogP contribution in [0.2, 0.25) is 0 Å². The van der Waals surface area contributed by atoms with Crippen molar-refractivity contribution in [2.45, 2.75) is 69.9 Å². The first-order chi connectivity index (χ1) is 8.79. The molecule has 0 aromatic carbocycles. The molecule has 1 unspecified atom stereocenters. The Morgan fingerprint density at radius 2 is 2.06 bits per heavy atom. The lowest BCUT2D eigenvalue weighted by atomic mass is 9.78. The van der Waals surface area contributed by atoms with Crippen LogP contribution < -0.4 is 0 Å². The van der Waals surface area contributed by atoms with Crippen molar-refractivity contribution in [2.75, 3.05) is 26.3 Å². The summed E-state index contributed by atoms with van der Waals surface area (Å²) < 4.78 is 6.16. The molecule has 1 N–H and O–H groups in total. The summed E-state index contributed by atoms with van der Waals surface area (Å²) in [5, 5.41) is 9.00. The van der Waals surface area contributed by atoms with Gasteiger partial charge in [-0.3, -0.25) is 0 Å². The second-order valence-electron chi connectivity index (χ2n) is 5.94. The van der Waals surface area contributed by atoms with E-state index in [9.17, 15) is 0 Å². The van der Waals surface area contributed by atoms with E-state index in [1.807, 2.05) is 0 Å². The Balaban J connectivity index is 1.91. The van der Waals surface area contributed by atoms with E-state index in [0.717, 1.165) is 26.1 Å². The van der Waals surface area contributed by atoms with Crippen LogP contribution in [0.15, 0.2) is 0 Å². The van der Waals surface area contributed by atoms with E-state index in [1.54, 1.807) is 0 Å². The molecule has 1 aliphatic heterocycles. The second kappa shape index (κ2) is 6.88. The third kappa shape index (κ3) is 3.46. The highest BCUT2D eigenvalue weighted by Gasteiger charge is 2.39. The minimum absolute atomic E-state index is 0.202. The van der Waals surface area contributed by atoms with Crippen LogP contribution in [0.1, 0.15) is 58.3 Å². The van der Waals surface area contributed by atoms with Crippen LogP contribution in [0.5, 0.6) is 0 Å². The van der Waals surface area contributed by atoms with E-state index in [2.05, 4.69) is 11.8 Å². The smallest absolute Gasteiger partial charge is 0.0697 e. The Bertz CT molecular complexity index is 233. The largest absolute Gasteiger partial charge is 0.396 e. The first kappa shape index (κ1) is 14.3. The van der Waals surface area contributed by atoms with Gasteiger partial charge in [0, 0.05) is 25.8 Å². The monoisotopic (exact) mass is 255 g/mol. The third-order valence-corrected chi connectivity index (χ3v) is 4.76. The van der Waals surface area contributed by atoms with Crippen LogP contribution in [-0.4, -0.2) is 48.0 Å². The molecule has 0 aromatic heterocycles. The molecule has 1 atom stereocenters. The Morgan fingerprint density at radius 3 is 2.72 bits per heavy atom. The predicted molar refractivity (Wildman–Crippen MR) is 73.7 cm³/mol. The molecule has 0 amide bonds. The molecule has 2 fully saturated rings. The number of hydrogen-bond donors (Lipinski definition) is 1. The lowest BCUT2D eigenvalue weighted by molar-refractivity contribution is -0.124. The summed E-state index contributed by atoms with van der Waals surface area (Å²) in [5.41, 5.74) is 0.202. The van der Waals surface area contributed by atoms with E-state index in [1.165, 1.54) is 44.9 Å². The van der Waals surface area contributed by atoms with Crippen molar-refractivity contribution < 1.29 is 9.84 Å². The van der Waals surface area contributed by atoms with Gasteiger partial charge in [-0.2, -0.15) is 0 Å². The number of aliphatic hydroxyl groups is 1. The minimum atomic E-state index is 0.202. The minimum Gasteiger partial charge on any atom is -0.396 e. The molecular formula is C15H29NO2. The van der Waals surface area contributed by atoms with Crippen molar-refractivity contribution in [3.05, 3.63) is 0 Å². The van der Waals surface area contributed by atoms with Crippen LogP contribution in [0.25, 0.3) is 0 Å². The molecule has 0 bridgehead atoms. The average Bonchev–Trinajstić information content (AvgIpc) is 2.41. The van der Waals surface area contributed by atoms with E-state index in [0.29, 0.717) is 12.6 Å². The standard InChI is InChI=1S/C15H29NO2/c1-2-16(10-6-11-17)14-7-12-18-15(13-14)8-4-3-5-9-15/h14,17H,2-13H2,1H3. The number of hydrogen-bond acceptors (Lipinski definition) is 3. The molecule has 1 aliphatic carbocycles. The van der Waals surface area contributed by atoms with Gasteiger partial charge >= 0.3 is 0 Å². The first-order valence-electron chi connectivity index (χ1n) is 7.78. The summed E-state index contributed by atoms with van der Waals surface area (Å²) in [4.78, 5) is 2.55. The van der Waals surface area contributed by atoms with E-state index in [4.69, 9.17) is 9.84 Å². The summed E-state index contributed by atoms with van der Waals surface area (Å²) in [7, 11) is 0. The van der Waals surface area contributed by atoms with Crippen LogP contribution in [0.3, 0.4) is 0 Å².